The van der Waals surface area contributed by atoms with Crippen LogP contribution in [0.2, 0.25) is 5.15 Å². The van der Waals surface area contributed by atoms with E-state index in [1.165, 1.54) is 22.7 Å². The van der Waals surface area contributed by atoms with Crippen LogP contribution >= 0.6 is 34.3 Å². The van der Waals surface area contributed by atoms with E-state index >= 15 is 0 Å². The average Bonchev–Trinajstić information content (AvgIpc) is 3.65. The molecule has 7 rings (SSSR count). The average molecular weight is 623 g/mol. The molecule has 0 aliphatic carbocycles. The number of hydrogen-bond donors (Lipinski definition) is 0. The number of carbonyl (C=O) groups is 1. The summed E-state index contributed by atoms with van der Waals surface area (Å²) in [4.78, 5) is 34.2. The van der Waals surface area contributed by atoms with Crippen molar-refractivity contribution in [3.05, 3.63) is 44.8 Å². The highest BCUT2D eigenvalue weighted by molar-refractivity contribution is 7.16. The zero-order valence-corrected chi connectivity index (χ0v) is 24.3. The summed E-state index contributed by atoms with van der Waals surface area (Å²) in [5.74, 6) is -1.94. The highest BCUT2D eigenvalue weighted by Gasteiger charge is 2.46. The molecule has 4 aromatic rings. The Morgan fingerprint density at radius 1 is 1.17 bits per heavy atom. The first-order valence-electron chi connectivity index (χ1n) is 13.1. The molecule has 1 atom stereocenters. The summed E-state index contributed by atoms with van der Waals surface area (Å²) in [6, 6.07) is 2.99. The fourth-order valence-corrected chi connectivity index (χ4v) is 7.33. The largest absolute Gasteiger partial charge is 0.481 e. The second kappa shape index (κ2) is 10.3. The van der Waals surface area contributed by atoms with Gasteiger partial charge in [-0.2, -0.15) is 5.10 Å². The lowest BCUT2D eigenvalue weighted by molar-refractivity contribution is -0.135. The second-order valence-corrected chi connectivity index (χ2v) is 12.7. The number of alkyl halides is 2. The van der Waals surface area contributed by atoms with Gasteiger partial charge in [0.15, 0.2) is 22.6 Å². The molecule has 3 aliphatic heterocycles. The van der Waals surface area contributed by atoms with Gasteiger partial charge in [-0.15, -0.1) is 0 Å². The topological polar surface area (TPSA) is 101 Å². The molecular formula is C25H25ClF2N8O3S2. The number of nitrogens with zero attached hydrogens (tertiary/aromatic N) is 8. The summed E-state index contributed by atoms with van der Waals surface area (Å²) in [5.41, 5.74) is 1.64. The van der Waals surface area contributed by atoms with Gasteiger partial charge in [-0.25, -0.2) is 28.2 Å². The van der Waals surface area contributed by atoms with E-state index < -0.39 is 12.0 Å². The van der Waals surface area contributed by atoms with Gasteiger partial charge in [0.2, 0.25) is 4.96 Å². The molecule has 0 saturated carbocycles. The summed E-state index contributed by atoms with van der Waals surface area (Å²) in [5, 5.41) is 6.15. The smallest absolute Gasteiger partial charge is 0.282 e. The predicted octanol–water partition coefficient (Wildman–Crippen LogP) is 3.45. The number of thiazole rings is 1. The minimum absolute atomic E-state index is 0.174. The van der Waals surface area contributed by atoms with Gasteiger partial charge in [0.1, 0.15) is 16.9 Å². The Labute approximate surface area is 246 Å². The van der Waals surface area contributed by atoms with E-state index in [-0.39, 0.29) is 30.8 Å². The van der Waals surface area contributed by atoms with Crippen molar-refractivity contribution in [2.75, 3.05) is 62.3 Å². The van der Waals surface area contributed by atoms with E-state index in [2.05, 4.69) is 20.0 Å². The molecule has 0 bridgehead atoms. The zero-order valence-electron chi connectivity index (χ0n) is 21.9. The molecule has 2 fully saturated rings. The maximum Gasteiger partial charge on any atom is 0.282 e. The molecule has 41 heavy (non-hydrogen) atoms. The summed E-state index contributed by atoms with van der Waals surface area (Å²) in [6.07, 6.45) is 2.20. The van der Waals surface area contributed by atoms with Gasteiger partial charge in [0.05, 0.1) is 42.6 Å². The van der Waals surface area contributed by atoms with Gasteiger partial charge >= 0.3 is 0 Å². The van der Waals surface area contributed by atoms with Crippen LogP contribution in [0.25, 0.3) is 4.96 Å². The summed E-state index contributed by atoms with van der Waals surface area (Å²) >= 11 is 9.20. The normalized spacial score (nSPS) is 20.3. The molecule has 0 radical (unpaired) electrons. The maximum absolute atomic E-state index is 13.7. The minimum Gasteiger partial charge on any atom is -0.481 e. The van der Waals surface area contributed by atoms with Gasteiger partial charge < -0.3 is 24.2 Å². The number of aryl methyl sites for hydroxylation is 1. The highest BCUT2D eigenvalue weighted by atomic mass is 35.5. The Kier molecular flexibility index (Phi) is 6.71. The molecule has 1 amide bonds. The number of anilines is 2. The van der Waals surface area contributed by atoms with Gasteiger partial charge in [0, 0.05) is 32.3 Å². The van der Waals surface area contributed by atoms with Gasteiger partial charge in [-0.1, -0.05) is 34.3 Å². The van der Waals surface area contributed by atoms with E-state index in [0.29, 0.717) is 37.1 Å². The number of amides is 1. The standard InChI is InChI=1S/C25H25ClF2N8O3S2/c1-14-32-36-20-15(30-24(36)40-14)4-5-35(21(20)17-10-29-23(41-17)34-12-25(27,28)13-34)19(37)11-39-16-2-3-18(31-22(16)26)33-6-8-38-9-7-33/h2-3,10,21H,4-9,11-13H2,1H3. The van der Waals surface area contributed by atoms with Crippen molar-refractivity contribution in [2.24, 2.45) is 0 Å². The molecule has 16 heteroatoms. The molecule has 2 saturated heterocycles. The number of halogens is 3. The molecule has 3 aliphatic rings. The number of aromatic nitrogens is 5. The first-order valence-corrected chi connectivity index (χ1v) is 15.1. The predicted molar refractivity (Wildman–Crippen MR) is 150 cm³/mol. The summed E-state index contributed by atoms with van der Waals surface area (Å²) in [6.45, 7) is 4.01. The van der Waals surface area contributed by atoms with Crippen molar-refractivity contribution in [3.63, 3.8) is 0 Å². The van der Waals surface area contributed by atoms with Crippen LogP contribution in [-0.2, 0) is 16.0 Å². The SMILES string of the molecule is Cc1nn2c3c(nc2s1)CCN(C(=O)COc1ccc(N2CCOCC2)nc1Cl)C3c1cnc(N2CC(F)(F)C2)s1. The minimum atomic E-state index is -2.71. The third kappa shape index (κ3) is 4.98. The third-order valence-corrected chi connectivity index (χ3v) is 9.48. The summed E-state index contributed by atoms with van der Waals surface area (Å²) in [7, 11) is 0. The van der Waals surface area contributed by atoms with Crippen LogP contribution in [0.5, 0.6) is 5.75 Å². The van der Waals surface area contributed by atoms with Crippen LogP contribution < -0.4 is 14.5 Å². The van der Waals surface area contributed by atoms with Gasteiger partial charge in [-0.3, -0.25) is 4.79 Å². The monoisotopic (exact) mass is 622 g/mol. The quantitative estimate of drug-likeness (QED) is 0.299. The van der Waals surface area contributed by atoms with Crippen molar-refractivity contribution < 1.29 is 23.0 Å². The number of morpholine rings is 1. The summed E-state index contributed by atoms with van der Waals surface area (Å²) < 4.78 is 40.1. The Morgan fingerprint density at radius 2 is 1.98 bits per heavy atom. The van der Waals surface area contributed by atoms with Crippen LogP contribution in [-0.4, -0.2) is 93.8 Å². The lowest BCUT2D eigenvalue weighted by Gasteiger charge is -2.38. The fraction of sp³-hybridized carbons (Fsp3) is 0.480. The van der Waals surface area contributed by atoms with Crippen LogP contribution in [0.3, 0.4) is 0 Å². The lowest BCUT2D eigenvalue weighted by atomic mass is 10.0. The van der Waals surface area contributed by atoms with E-state index in [4.69, 9.17) is 26.1 Å². The molecular weight excluding hydrogens is 598 g/mol. The molecule has 4 aromatic heterocycles. The number of rotatable bonds is 6. The molecule has 7 heterocycles. The molecule has 1 unspecified atom stereocenters. The molecule has 0 N–H and O–H groups in total. The fourth-order valence-electron chi connectivity index (χ4n) is 5.33. The molecule has 11 nitrogen and oxygen atoms in total. The molecule has 216 valence electrons. The van der Waals surface area contributed by atoms with Crippen LogP contribution in [0, 0.1) is 6.92 Å². The number of hydrogen-bond acceptors (Lipinski definition) is 11. The Balaban J connectivity index is 1.14. The second-order valence-electron chi connectivity index (χ2n) is 10.1. The van der Waals surface area contributed by atoms with Crippen LogP contribution in [0.1, 0.15) is 27.3 Å². The van der Waals surface area contributed by atoms with Crippen LogP contribution in [0.15, 0.2) is 18.3 Å². The number of carbonyl (C=O) groups excluding carboxylic acids is 1. The Morgan fingerprint density at radius 3 is 2.73 bits per heavy atom. The van der Waals surface area contributed by atoms with Gasteiger partial charge in [-0.05, 0) is 19.1 Å². The van der Waals surface area contributed by atoms with Crippen molar-refractivity contribution in [1.29, 1.82) is 0 Å². The number of fused-ring (bicyclic) bond motifs is 3. The van der Waals surface area contributed by atoms with Gasteiger partial charge in [0.25, 0.3) is 11.8 Å². The Bertz CT molecular complexity index is 1610. The van der Waals surface area contributed by atoms with Crippen molar-refractivity contribution >= 4 is 56.1 Å². The van der Waals surface area contributed by atoms with E-state index in [9.17, 15) is 13.6 Å². The molecule has 0 aromatic carbocycles. The van der Waals surface area contributed by atoms with Crippen LogP contribution in [0.4, 0.5) is 19.7 Å². The zero-order chi connectivity index (χ0) is 28.3. The number of pyridine rings is 1. The first kappa shape index (κ1) is 26.7. The number of imidazole rings is 1. The maximum atomic E-state index is 13.7. The molecule has 0 spiro atoms. The third-order valence-electron chi connectivity index (χ3n) is 7.28. The van der Waals surface area contributed by atoms with E-state index in [1.54, 1.807) is 26.6 Å². The van der Waals surface area contributed by atoms with Crippen molar-refractivity contribution in [1.82, 2.24) is 29.5 Å². The lowest BCUT2D eigenvalue weighted by Crippen LogP contribution is -2.56. The first-order chi connectivity index (χ1) is 19.8. The van der Waals surface area contributed by atoms with Crippen molar-refractivity contribution in [2.45, 2.75) is 25.3 Å². The Hall–Kier alpha value is -3.14. The van der Waals surface area contributed by atoms with Crippen molar-refractivity contribution in [3.8, 4) is 5.75 Å². The highest BCUT2D eigenvalue weighted by Crippen LogP contribution is 2.42. The van der Waals surface area contributed by atoms with E-state index in [1.807, 2.05) is 13.0 Å². The van der Waals surface area contributed by atoms with E-state index in [0.717, 1.165) is 45.1 Å². The number of ether oxygens (including phenoxy) is 2.